The van der Waals surface area contributed by atoms with Crippen LogP contribution in [0.15, 0.2) is 35.5 Å². The Balaban J connectivity index is 1.43. The van der Waals surface area contributed by atoms with Gasteiger partial charge in [0.1, 0.15) is 5.82 Å². The molecule has 1 saturated heterocycles. The summed E-state index contributed by atoms with van der Waals surface area (Å²) in [5.74, 6) is 1.01. The van der Waals surface area contributed by atoms with Crippen molar-refractivity contribution in [3.8, 4) is 0 Å². The molecule has 0 unspecified atom stereocenters. The van der Waals surface area contributed by atoms with Gasteiger partial charge in [0.25, 0.3) is 0 Å². The summed E-state index contributed by atoms with van der Waals surface area (Å²) in [5.41, 5.74) is 2.51. The SMILES string of the molecule is Cn1ccnc1CN1CCN(S(=O)(=O)c2ccc3c(c2)CCC3)CC1. The Morgan fingerprint density at radius 1 is 1.08 bits per heavy atom. The topological polar surface area (TPSA) is 58.4 Å². The summed E-state index contributed by atoms with van der Waals surface area (Å²) in [5, 5.41) is 0. The summed E-state index contributed by atoms with van der Waals surface area (Å²) in [6, 6.07) is 5.66. The zero-order valence-electron chi connectivity index (χ0n) is 14.6. The van der Waals surface area contributed by atoms with Gasteiger partial charge in [0, 0.05) is 45.6 Å². The van der Waals surface area contributed by atoms with Gasteiger partial charge < -0.3 is 4.57 Å². The molecule has 1 fully saturated rings. The van der Waals surface area contributed by atoms with E-state index in [0.29, 0.717) is 18.0 Å². The molecule has 4 rings (SSSR count). The lowest BCUT2D eigenvalue weighted by atomic mass is 10.1. The molecule has 1 aromatic carbocycles. The van der Waals surface area contributed by atoms with Crippen molar-refractivity contribution in [2.75, 3.05) is 26.2 Å². The normalized spacial score (nSPS) is 19.2. The van der Waals surface area contributed by atoms with Gasteiger partial charge in [0.05, 0.1) is 11.4 Å². The summed E-state index contributed by atoms with van der Waals surface area (Å²) in [6.45, 7) is 3.29. The number of aromatic nitrogens is 2. The lowest BCUT2D eigenvalue weighted by Gasteiger charge is -2.33. The molecule has 0 radical (unpaired) electrons. The standard InChI is InChI=1S/C18H24N4O2S/c1-20-8-7-19-18(20)14-21-9-11-22(12-10-21)25(23,24)17-6-5-15-3-2-4-16(15)13-17/h5-8,13H,2-4,9-12,14H2,1H3. The molecule has 2 aliphatic rings. The minimum absolute atomic E-state index is 0.450. The van der Waals surface area contributed by atoms with Crippen molar-refractivity contribution in [1.82, 2.24) is 18.8 Å². The fourth-order valence-electron chi connectivity index (χ4n) is 3.73. The van der Waals surface area contributed by atoms with Gasteiger partial charge in [0.15, 0.2) is 0 Å². The Morgan fingerprint density at radius 3 is 2.56 bits per heavy atom. The van der Waals surface area contributed by atoms with E-state index in [4.69, 9.17) is 0 Å². The molecule has 1 aromatic heterocycles. The van der Waals surface area contributed by atoms with E-state index in [2.05, 4.69) is 9.88 Å². The van der Waals surface area contributed by atoms with Gasteiger partial charge in [-0.3, -0.25) is 4.90 Å². The number of sulfonamides is 1. The van der Waals surface area contributed by atoms with Crippen molar-refractivity contribution < 1.29 is 8.42 Å². The molecule has 2 heterocycles. The molecular weight excluding hydrogens is 336 g/mol. The van der Waals surface area contributed by atoms with Crippen LogP contribution in [0.5, 0.6) is 0 Å². The predicted octanol–water partition coefficient (Wildman–Crippen LogP) is 1.42. The molecule has 134 valence electrons. The number of benzene rings is 1. The van der Waals surface area contributed by atoms with E-state index < -0.39 is 10.0 Å². The molecule has 2 aromatic rings. The van der Waals surface area contributed by atoms with Crippen molar-refractivity contribution >= 4 is 10.0 Å². The van der Waals surface area contributed by atoms with Gasteiger partial charge in [-0.25, -0.2) is 13.4 Å². The predicted molar refractivity (Wildman–Crippen MR) is 95.7 cm³/mol. The number of rotatable bonds is 4. The van der Waals surface area contributed by atoms with E-state index in [9.17, 15) is 8.42 Å². The highest BCUT2D eigenvalue weighted by Crippen LogP contribution is 2.26. The molecule has 7 heteroatoms. The van der Waals surface area contributed by atoms with Gasteiger partial charge >= 0.3 is 0 Å². The maximum absolute atomic E-state index is 13.0. The maximum atomic E-state index is 13.0. The zero-order valence-corrected chi connectivity index (χ0v) is 15.4. The Labute approximate surface area is 149 Å². The van der Waals surface area contributed by atoms with Crippen LogP contribution in [-0.2, 0) is 36.5 Å². The van der Waals surface area contributed by atoms with Crippen LogP contribution in [0.2, 0.25) is 0 Å². The Bertz CT molecular complexity index is 867. The molecule has 0 bridgehead atoms. The quantitative estimate of drug-likeness (QED) is 0.827. The molecule has 1 aliphatic carbocycles. The summed E-state index contributed by atoms with van der Waals surface area (Å²) in [4.78, 5) is 7.06. The second-order valence-electron chi connectivity index (χ2n) is 6.92. The Kier molecular flexibility index (Phi) is 4.39. The monoisotopic (exact) mass is 360 g/mol. The van der Waals surface area contributed by atoms with E-state index in [-0.39, 0.29) is 0 Å². The van der Waals surface area contributed by atoms with Crippen LogP contribution < -0.4 is 0 Å². The highest BCUT2D eigenvalue weighted by molar-refractivity contribution is 7.89. The molecular formula is C18H24N4O2S. The summed E-state index contributed by atoms with van der Waals surface area (Å²) < 4.78 is 29.5. The first-order chi connectivity index (χ1) is 12.0. The molecule has 25 heavy (non-hydrogen) atoms. The first kappa shape index (κ1) is 16.8. The average molecular weight is 360 g/mol. The molecule has 0 N–H and O–H groups in total. The minimum atomic E-state index is -3.39. The lowest BCUT2D eigenvalue weighted by Crippen LogP contribution is -2.48. The number of aryl methyl sites for hydroxylation is 3. The van der Waals surface area contributed by atoms with Crippen LogP contribution in [0.1, 0.15) is 23.4 Å². The second kappa shape index (κ2) is 6.55. The maximum Gasteiger partial charge on any atom is 0.243 e. The van der Waals surface area contributed by atoms with Crippen LogP contribution in [0, 0.1) is 0 Å². The smallest absolute Gasteiger partial charge is 0.243 e. The van der Waals surface area contributed by atoms with Crippen LogP contribution in [0.3, 0.4) is 0 Å². The number of hydrogen-bond acceptors (Lipinski definition) is 4. The van der Waals surface area contributed by atoms with Crippen molar-refractivity contribution in [2.45, 2.75) is 30.7 Å². The third-order valence-corrected chi connectivity index (χ3v) is 7.22. The molecule has 0 spiro atoms. The number of piperazine rings is 1. The fraction of sp³-hybridized carbons (Fsp3) is 0.500. The van der Waals surface area contributed by atoms with E-state index in [1.807, 2.05) is 29.9 Å². The molecule has 1 aliphatic heterocycles. The second-order valence-corrected chi connectivity index (χ2v) is 8.86. The summed E-state index contributed by atoms with van der Waals surface area (Å²) >= 11 is 0. The van der Waals surface area contributed by atoms with Crippen molar-refractivity contribution in [2.24, 2.45) is 7.05 Å². The zero-order chi connectivity index (χ0) is 17.4. The van der Waals surface area contributed by atoms with Crippen LogP contribution in [0.25, 0.3) is 0 Å². The first-order valence-electron chi connectivity index (χ1n) is 8.84. The molecule has 0 atom stereocenters. The van der Waals surface area contributed by atoms with Crippen molar-refractivity contribution in [1.29, 1.82) is 0 Å². The van der Waals surface area contributed by atoms with E-state index in [1.165, 1.54) is 11.1 Å². The molecule has 0 amide bonds. The average Bonchev–Trinajstić information content (AvgIpc) is 3.24. The van der Waals surface area contributed by atoms with Gasteiger partial charge in [0.2, 0.25) is 10.0 Å². The minimum Gasteiger partial charge on any atom is -0.337 e. The van der Waals surface area contributed by atoms with Gasteiger partial charge in [-0.2, -0.15) is 4.31 Å². The van der Waals surface area contributed by atoms with E-state index in [1.54, 1.807) is 16.6 Å². The summed E-state index contributed by atoms with van der Waals surface area (Å²) in [7, 11) is -1.41. The number of imidazole rings is 1. The number of hydrogen-bond donors (Lipinski definition) is 0. The third-order valence-electron chi connectivity index (χ3n) is 5.32. The van der Waals surface area contributed by atoms with Gasteiger partial charge in [-0.1, -0.05) is 6.07 Å². The number of fused-ring (bicyclic) bond motifs is 1. The first-order valence-corrected chi connectivity index (χ1v) is 10.3. The fourth-order valence-corrected chi connectivity index (χ4v) is 5.21. The largest absolute Gasteiger partial charge is 0.337 e. The van der Waals surface area contributed by atoms with E-state index in [0.717, 1.165) is 44.7 Å². The van der Waals surface area contributed by atoms with Gasteiger partial charge in [-0.15, -0.1) is 0 Å². The van der Waals surface area contributed by atoms with Crippen LogP contribution in [0.4, 0.5) is 0 Å². The van der Waals surface area contributed by atoms with Gasteiger partial charge in [-0.05, 0) is 42.5 Å². The van der Waals surface area contributed by atoms with Crippen molar-refractivity contribution in [3.63, 3.8) is 0 Å². The number of nitrogens with zero attached hydrogens (tertiary/aromatic N) is 4. The van der Waals surface area contributed by atoms with Crippen molar-refractivity contribution in [3.05, 3.63) is 47.5 Å². The highest BCUT2D eigenvalue weighted by Gasteiger charge is 2.29. The summed E-state index contributed by atoms with van der Waals surface area (Å²) in [6.07, 6.45) is 6.93. The van der Waals surface area contributed by atoms with Crippen LogP contribution >= 0.6 is 0 Å². The lowest BCUT2D eigenvalue weighted by molar-refractivity contribution is 0.177. The molecule has 6 nitrogen and oxygen atoms in total. The Hall–Kier alpha value is -1.70. The van der Waals surface area contributed by atoms with Crippen LogP contribution in [-0.4, -0.2) is 53.4 Å². The molecule has 0 saturated carbocycles. The Morgan fingerprint density at radius 2 is 1.84 bits per heavy atom. The highest BCUT2D eigenvalue weighted by atomic mass is 32.2. The third kappa shape index (κ3) is 3.23. The van der Waals surface area contributed by atoms with E-state index >= 15 is 0 Å².